The Morgan fingerprint density at radius 2 is 1.96 bits per heavy atom. The highest BCUT2D eigenvalue weighted by molar-refractivity contribution is 7.16. The minimum atomic E-state index is -0.106. The standard InChI is InChI=1S/C20H30N4O2S/c1-4-24(13-19(26)22-14(2)3)11-10-18(25)23-20-16(12-21)15-8-6-5-7-9-17(15)27-20/h14H,4-11,13H2,1-3H3,(H,22,26)(H,23,25). The summed E-state index contributed by atoms with van der Waals surface area (Å²) in [7, 11) is 0. The van der Waals surface area contributed by atoms with E-state index in [0.29, 0.717) is 36.6 Å². The first-order chi connectivity index (χ1) is 12.9. The number of likely N-dealkylation sites (N-methyl/N-ethyl adjacent to an activating group) is 1. The average molecular weight is 391 g/mol. The molecule has 0 atom stereocenters. The lowest BCUT2D eigenvalue weighted by molar-refractivity contribution is -0.123. The Morgan fingerprint density at radius 3 is 2.63 bits per heavy atom. The molecule has 0 saturated heterocycles. The number of hydrogen-bond acceptors (Lipinski definition) is 5. The SMILES string of the molecule is CCN(CCC(=O)Nc1sc2c(c1C#N)CCCCC2)CC(=O)NC(C)C. The van der Waals surface area contributed by atoms with Crippen LogP contribution in [-0.4, -0.2) is 42.4 Å². The van der Waals surface area contributed by atoms with Gasteiger partial charge in [-0.2, -0.15) is 5.26 Å². The fourth-order valence-electron chi connectivity index (χ4n) is 3.32. The van der Waals surface area contributed by atoms with Crippen molar-refractivity contribution in [3.63, 3.8) is 0 Å². The number of aryl methyl sites for hydroxylation is 1. The zero-order valence-corrected chi connectivity index (χ0v) is 17.4. The van der Waals surface area contributed by atoms with Crippen LogP contribution in [0.1, 0.15) is 62.5 Å². The van der Waals surface area contributed by atoms with Gasteiger partial charge in [0.2, 0.25) is 11.8 Å². The molecule has 6 nitrogen and oxygen atoms in total. The minimum absolute atomic E-state index is 0.0268. The van der Waals surface area contributed by atoms with Crippen LogP contribution in [0.15, 0.2) is 0 Å². The van der Waals surface area contributed by atoms with Crippen LogP contribution in [0.5, 0.6) is 0 Å². The summed E-state index contributed by atoms with van der Waals surface area (Å²) in [6, 6.07) is 2.40. The zero-order chi connectivity index (χ0) is 19.8. The Labute approximate surface area is 165 Å². The van der Waals surface area contributed by atoms with Crippen LogP contribution in [0.4, 0.5) is 5.00 Å². The Bertz CT molecular complexity index is 706. The van der Waals surface area contributed by atoms with Crippen molar-refractivity contribution >= 4 is 28.2 Å². The summed E-state index contributed by atoms with van der Waals surface area (Å²) in [5.74, 6) is -0.133. The lowest BCUT2D eigenvalue weighted by atomic mass is 10.1. The molecular weight excluding hydrogens is 360 g/mol. The lowest BCUT2D eigenvalue weighted by Gasteiger charge is -2.20. The van der Waals surface area contributed by atoms with E-state index in [9.17, 15) is 14.9 Å². The van der Waals surface area contributed by atoms with E-state index in [1.807, 2.05) is 25.7 Å². The van der Waals surface area contributed by atoms with Crippen molar-refractivity contribution in [2.75, 3.05) is 25.0 Å². The first kappa shape index (κ1) is 21.4. The number of nitrogens with one attached hydrogen (secondary N) is 2. The van der Waals surface area contributed by atoms with Gasteiger partial charge in [0, 0.05) is 23.9 Å². The second-order valence-corrected chi connectivity index (χ2v) is 8.37. The number of amides is 2. The molecule has 0 aliphatic heterocycles. The summed E-state index contributed by atoms with van der Waals surface area (Å²) in [5, 5.41) is 16.0. The smallest absolute Gasteiger partial charge is 0.234 e. The van der Waals surface area contributed by atoms with Gasteiger partial charge in [-0.15, -0.1) is 11.3 Å². The molecule has 0 aromatic carbocycles. The first-order valence-corrected chi connectivity index (χ1v) is 10.6. The van der Waals surface area contributed by atoms with Crippen LogP contribution in [0.2, 0.25) is 0 Å². The molecule has 0 fully saturated rings. The number of anilines is 1. The minimum Gasteiger partial charge on any atom is -0.353 e. The van der Waals surface area contributed by atoms with Crippen LogP contribution in [-0.2, 0) is 22.4 Å². The molecule has 2 amide bonds. The first-order valence-electron chi connectivity index (χ1n) is 9.80. The van der Waals surface area contributed by atoms with Gasteiger partial charge in [-0.25, -0.2) is 0 Å². The highest BCUT2D eigenvalue weighted by Crippen LogP contribution is 2.36. The predicted molar refractivity (Wildman–Crippen MR) is 109 cm³/mol. The molecule has 1 aliphatic rings. The predicted octanol–water partition coefficient (Wildman–Crippen LogP) is 3.06. The van der Waals surface area contributed by atoms with Gasteiger partial charge in [0.15, 0.2) is 0 Å². The van der Waals surface area contributed by atoms with Crippen molar-refractivity contribution < 1.29 is 9.59 Å². The zero-order valence-electron chi connectivity index (χ0n) is 16.6. The Balaban J connectivity index is 1.92. The highest BCUT2D eigenvalue weighted by atomic mass is 32.1. The van der Waals surface area contributed by atoms with E-state index in [0.717, 1.165) is 31.2 Å². The average Bonchev–Trinajstić information content (AvgIpc) is 2.77. The molecule has 1 aliphatic carbocycles. The van der Waals surface area contributed by atoms with E-state index < -0.39 is 0 Å². The third-order valence-electron chi connectivity index (χ3n) is 4.71. The normalized spacial score (nSPS) is 13.8. The second kappa shape index (κ2) is 10.4. The number of fused-ring (bicyclic) bond motifs is 1. The number of carbonyl (C=O) groups excluding carboxylic acids is 2. The summed E-state index contributed by atoms with van der Waals surface area (Å²) in [6.07, 6.45) is 5.69. The van der Waals surface area contributed by atoms with E-state index in [2.05, 4.69) is 16.7 Å². The van der Waals surface area contributed by atoms with Gasteiger partial charge in [-0.3, -0.25) is 14.5 Å². The molecular formula is C20H30N4O2S. The van der Waals surface area contributed by atoms with Crippen molar-refractivity contribution in [1.82, 2.24) is 10.2 Å². The molecule has 2 N–H and O–H groups in total. The van der Waals surface area contributed by atoms with E-state index in [-0.39, 0.29) is 17.9 Å². The third kappa shape index (κ3) is 6.33. The van der Waals surface area contributed by atoms with Crippen LogP contribution < -0.4 is 10.6 Å². The fraction of sp³-hybridized carbons (Fsp3) is 0.650. The van der Waals surface area contributed by atoms with Crippen molar-refractivity contribution in [3.8, 4) is 6.07 Å². The number of carbonyl (C=O) groups is 2. The number of nitrogens with zero attached hydrogens (tertiary/aromatic N) is 2. The number of hydrogen-bond donors (Lipinski definition) is 2. The number of thiophene rings is 1. The maximum absolute atomic E-state index is 12.4. The fourth-order valence-corrected chi connectivity index (χ4v) is 4.57. The summed E-state index contributed by atoms with van der Waals surface area (Å²) >= 11 is 1.55. The second-order valence-electron chi connectivity index (χ2n) is 7.27. The van der Waals surface area contributed by atoms with Gasteiger partial charge in [0.1, 0.15) is 11.1 Å². The van der Waals surface area contributed by atoms with Crippen molar-refractivity contribution in [3.05, 3.63) is 16.0 Å². The molecule has 0 radical (unpaired) electrons. The van der Waals surface area contributed by atoms with Crippen LogP contribution in [0.3, 0.4) is 0 Å². The van der Waals surface area contributed by atoms with Gasteiger partial charge < -0.3 is 10.6 Å². The molecule has 7 heteroatoms. The number of rotatable bonds is 8. The van der Waals surface area contributed by atoms with E-state index in [1.54, 1.807) is 11.3 Å². The third-order valence-corrected chi connectivity index (χ3v) is 5.91. The van der Waals surface area contributed by atoms with Gasteiger partial charge in [-0.1, -0.05) is 13.3 Å². The summed E-state index contributed by atoms with van der Waals surface area (Å²) in [4.78, 5) is 27.5. The molecule has 2 rings (SSSR count). The molecule has 148 valence electrons. The van der Waals surface area contributed by atoms with E-state index in [1.165, 1.54) is 11.3 Å². The van der Waals surface area contributed by atoms with Crippen molar-refractivity contribution in [1.29, 1.82) is 5.26 Å². The molecule has 0 bridgehead atoms. The maximum atomic E-state index is 12.4. The number of nitriles is 1. The van der Waals surface area contributed by atoms with Crippen molar-refractivity contribution in [2.45, 2.75) is 65.3 Å². The molecule has 1 heterocycles. The molecule has 0 saturated carbocycles. The summed E-state index contributed by atoms with van der Waals surface area (Å²) in [6.45, 7) is 7.34. The molecule has 0 unspecified atom stereocenters. The molecule has 1 aromatic rings. The molecule has 0 spiro atoms. The Morgan fingerprint density at radius 1 is 1.22 bits per heavy atom. The van der Waals surface area contributed by atoms with Gasteiger partial charge in [0.25, 0.3) is 0 Å². The van der Waals surface area contributed by atoms with Crippen LogP contribution in [0, 0.1) is 11.3 Å². The van der Waals surface area contributed by atoms with Crippen molar-refractivity contribution in [2.24, 2.45) is 0 Å². The quantitative estimate of drug-likeness (QED) is 0.668. The van der Waals surface area contributed by atoms with Gasteiger partial charge in [0.05, 0.1) is 12.1 Å². The Kier molecular flexibility index (Phi) is 8.26. The topological polar surface area (TPSA) is 85.2 Å². The van der Waals surface area contributed by atoms with Crippen LogP contribution in [0.25, 0.3) is 0 Å². The largest absolute Gasteiger partial charge is 0.353 e. The van der Waals surface area contributed by atoms with Gasteiger partial charge >= 0.3 is 0 Å². The lowest BCUT2D eigenvalue weighted by Crippen LogP contribution is -2.41. The summed E-state index contributed by atoms with van der Waals surface area (Å²) in [5.41, 5.74) is 1.78. The van der Waals surface area contributed by atoms with Crippen LogP contribution >= 0.6 is 11.3 Å². The highest BCUT2D eigenvalue weighted by Gasteiger charge is 2.21. The Hall–Kier alpha value is -1.91. The van der Waals surface area contributed by atoms with E-state index in [4.69, 9.17) is 0 Å². The monoisotopic (exact) mass is 390 g/mol. The van der Waals surface area contributed by atoms with Gasteiger partial charge in [-0.05, 0) is 51.6 Å². The summed E-state index contributed by atoms with van der Waals surface area (Å²) < 4.78 is 0. The maximum Gasteiger partial charge on any atom is 0.234 e. The molecule has 1 aromatic heterocycles. The van der Waals surface area contributed by atoms with E-state index >= 15 is 0 Å². The molecule has 27 heavy (non-hydrogen) atoms.